The zero-order valence-electron chi connectivity index (χ0n) is 25.0. The molecule has 230 valence electrons. The maximum absolute atomic E-state index is 15.6. The molecule has 0 radical (unpaired) electrons. The average molecular weight is 605 g/mol. The van der Waals surface area contributed by atoms with Gasteiger partial charge in [-0.25, -0.2) is 18.7 Å². The van der Waals surface area contributed by atoms with Crippen molar-refractivity contribution in [3.05, 3.63) is 82.9 Å². The number of nitrogens with zero attached hydrogens (tertiary/aromatic N) is 5. The summed E-state index contributed by atoms with van der Waals surface area (Å²) in [5.74, 6) is -1.64. The Hall–Kier alpha value is -4.84. The SMILES string of the molecule is COc1cc(OC)c(F)c(-c2cc3cnc(Nc4ccccn4)cc3n(C3CCN(C(=O)/C=C/CN(C)C)CC3)c2=O)c1F. The Labute approximate surface area is 253 Å². The van der Waals surface area contributed by atoms with Gasteiger partial charge in [0.05, 0.1) is 30.9 Å². The molecule has 10 nitrogen and oxygen atoms in total. The number of piperidine rings is 1. The number of likely N-dealkylation sites (tertiary alicyclic amines) is 1. The quantitative estimate of drug-likeness (QED) is 0.273. The standard InChI is InChI=1S/C32H34F2N6O4/c1-38(2)13-7-9-28(41)39-14-10-21(11-15-39)40-23-17-27(37-26-8-5-6-12-35-26)36-19-20(23)16-22(32(40)42)29-30(33)24(43-3)18-25(44-4)31(29)34/h5-9,12,16-19,21H,10-11,13-15H2,1-4H3,(H,35,36,37)/b9-7+. The molecule has 12 heteroatoms. The number of likely N-dealkylation sites (N-methyl/N-ethyl adjacent to an activating group) is 1. The van der Waals surface area contributed by atoms with Crippen molar-refractivity contribution >= 4 is 28.4 Å². The number of methoxy groups -OCH3 is 2. The molecule has 0 unspecified atom stereocenters. The van der Waals surface area contributed by atoms with Gasteiger partial charge in [-0.2, -0.15) is 0 Å². The third kappa shape index (κ3) is 6.25. The molecule has 0 spiro atoms. The van der Waals surface area contributed by atoms with Crippen LogP contribution in [0.15, 0.2) is 65.7 Å². The van der Waals surface area contributed by atoms with Crippen molar-refractivity contribution in [2.75, 3.05) is 53.3 Å². The van der Waals surface area contributed by atoms with Crippen molar-refractivity contribution in [2.45, 2.75) is 18.9 Å². The summed E-state index contributed by atoms with van der Waals surface area (Å²) < 4.78 is 43.1. The van der Waals surface area contributed by atoms with E-state index in [-0.39, 0.29) is 29.0 Å². The van der Waals surface area contributed by atoms with Crippen molar-refractivity contribution in [3.63, 3.8) is 0 Å². The first kappa shape index (κ1) is 30.6. The number of anilines is 2. The number of fused-ring (bicyclic) bond motifs is 1. The number of carbonyl (C=O) groups is 1. The number of amides is 1. The fourth-order valence-corrected chi connectivity index (χ4v) is 5.35. The highest BCUT2D eigenvalue weighted by atomic mass is 19.1. The molecule has 1 fully saturated rings. The van der Waals surface area contributed by atoms with Crippen molar-refractivity contribution in [1.29, 1.82) is 0 Å². The second-order valence-electron chi connectivity index (χ2n) is 10.7. The van der Waals surface area contributed by atoms with Gasteiger partial charge in [-0.05, 0) is 45.1 Å². The molecule has 0 atom stereocenters. The van der Waals surface area contributed by atoms with E-state index in [1.54, 1.807) is 46.1 Å². The minimum absolute atomic E-state index is 0.102. The normalized spacial score (nSPS) is 14.0. The summed E-state index contributed by atoms with van der Waals surface area (Å²) in [6.45, 7) is 1.46. The molecule has 44 heavy (non-hydrogen) atoms. The molecule has 1 amide bonds. The van der Waals surface area contributed by atoms with Crippen molar-refractivity contribution in [2.24, 2.45) is 0 Å². The Morgan fingerprint density at radius 1 is 1.05 bits per heavy atom. The average Bonchev–Trinajstić information content (AvgIpc) is 3.02. The largest absolute Gasteiger partial charge is 0.494 e. The highest BCUT2D eigenvalue weighted by Crippen LogP contribution is 2.38. The monoisotopic (exact) mass is 604 g/mol. The van der Waals surface area contributed by atoms with Crippen LogP contribution in [0, 0.1) is 11.6 Å². The summed E-state index contributed by atoms with van der Waals surface area (Å²) in [6, 6.07) is 9.29. The van der Waals surface area contributed by atoms with E-state index in [1.165, 1.54) is 20.3 Å². The van der Waals surface area contributed by atoms with Crippen LogP contribution in [0.25, 0.3) is 22.0 Å². The van der Waals surface area contributed by atoms with Gasteiger partial charge in [0.15, 0.2) is 23.1 Å². The number of rotatable bonds is 9. The number of nitrogens with one attached hydrogen (secondary N) is 1. The lowest BCUT2D eigenvalue weighted by atomic mass is 9.99. The Bertz CT molecular complexity index is 1720. The minimum atomic E-state index is -1.01. The third-order valence-corrected chi connectivity index (χ3v) is 7.56. The maximum atomic E-state index is 15.6. The van der Waals surface area contributed by atoms with Crippen molar-refractivity contribution in [1.82, 2.24) is 24.3 Å². The maximum Gasteiger partial charge on any atom is 0.259 e. The van der Waals surface area contributed by atoms with Gasteiger partial charge in [-0.15, -0.1) is 0 Å². The first-order valence-electron chi connectivity index (χ1n) is 14.2. The van der Waals surface area contributed by atoms with Gasteiger partial charge in [0.25, 0.3) is 5.56 Å². The summed E-state index contributed by atoms with van der Waals surface area (Å²) in [7, 11) is 6.34. The summed E-state index contributed by atoms with van der Waals surface area (Å²) in [5.41, 5.74) is -0.798. The Kier molecular flexibility index (Phi) is 9.19. The lowest BCUT2D eigenvalue weighted by Crippen LogP contribution is -2.40. The van der Waals surface area contributed by atoms with Crippen LogP contribution in [0.3, 0.4) is 0 Å². The third-order valence-electron chi connectivity index (χ3n) is 7.56. The molecule has 1 N–H and O–H groups in total. The summed E-state index contributed by atoms with van der Waals surface area (Å²) in [5, 5.41) is 3.63. The van der Waals surface area contributed by atoms with E-state index >= 15 is 8.78 Å². The molecule has 1 aliphatic heterocycles. The summed E-state index contributed by atoms with van der Waals surface area (Å²) in [6.07, 6.45) is 7.48. The van der Waals surface area contributed by atoms with Crippen LogP contribution in [-0.2, 0) is 4.79 Å². The number of hydrogen-bond donors (Lipinski definition) is 1. The summed E-state index contributed by atoms with van der Waals surface area (Å²) in [4.78, 5) is 39.5. The Morgan fingerprint density at radius 2 is 1.75 bits per heavy atom. The van der Waals surface area contributed by atoms with Crippen LogP contribution in [0.4, 0.5) is 20.4 Å². The number of halogens is 2. The fraction of sp³-hybridized carbons (Fsp3) is 0.312. The van der Waals surface area contributed by atoms with Gasteiger partial charge in [-0.3, -0.25) is 9.59 Å². The van der Waals surface area contributed by atoms with E-state index in [0.717, 1.165) is 6.07 Å². The lowest BCUT2D eigenvalue weighted by molar-refractivity contribution is -0.127. The molecule has 4 heterocycles. The predicted octanol–water partition coefficient (Wildman–Crippen LogP) is 4.78. The summed E-state index contributed by atoms with van der Waals surface area (Å²) >= 11 is 0. The highest BCUT2D eigenvalue weighted by Gasteiger charge is 2.29. The van der Waals surface area contributed by atoms with E-state index in [4.69, 9.17) is 9.47 Å². The van der Waals surface area contributed by atoms with Crippen molar-refractivity contribution in [3.8, 4) is 22.6 Å². The predicted molar refractivity (Wildman–Crippen MR) is 165 cm³/mol. The smallest absolute Gasteiger partial charge is 0.259 e. The molecule has 1 aliphatic rings. The number of pyridine rings is 3. The van der Waals surface area contributed by atoms with E-state index < -0.39 is 22.8 Å². The second-order valence-corrected chi connectivity index (χ2v) is 10.7. The minimum Gasteiger partial charge on any atom is -0.494 e. The van der Waals surface area contributed by atoms with Crippen molar-refractivity contribution < 1.29 is 23.0 Å². The van der Waals surface area contributed by atoms with Gasteiger partial charge in [0.2, 0.25) is 5.91 Å². The molecule has 3 aromatic heterocycles. The molecule has 4 aromatic rings. The van der Waals surface area contributed by atoms with Crippen LogP contribution < -0.4 is 20.3 Å². The van der Waals surface area contributed by atoms with Gasteiger partial charge < -0.3 is 29.2 Å². The number of aromatic nitrogens is 3. The van der Waals surface area contributed by atoms with E-state index in [2.05, 4.69) is 15.3 Å². The fourth-order valence-electron chi connectivity index (χ4n) is 5.35. The number of ether oxygens (including phenoxy) is 2. The molecule has 1 aromatic carbocycles. The number of hydrogen-bond acceptors (Lipinski definition) is 8. The van der Waals surface area contributed by atoms with Crippen LogP contribution in [0.5, 0.6) is 11.5 Å². The first-order valence-corrected chi connectivity index (χ1v) is 14.2. The molecular formula is C32H34F2N6O4. The highest BCUT2D eigenvalue weighted by molar-refractivity contribution is 5.88. The van der Waals surface area contributed by atoms with Gasteiger partial charge in [-0.1, -0.05) is 12.1 Å². The number of carbonyl (C=O) groups excluding carboxylic acids is 1. The van der Waals surface area contributed by atoms with E-state index in [0.29, 0.717) is 55.0 Å². The molecule has 0 saturated carbocycles. The molecule has 5 rings (SSSR count). The molecular weight excluding hydrogens is 570 g/mol. The van der Waals surface area contributed by atoms with E-state index in [1.807, 2.05) is 31.1 Å². The van der Waals surface area contributed by atoms with Crippen LogP contribution in [0.1, 0.15) is 18.9 Å². The first-order chi connectivity index (χ1) is 21.2. The molecule has 1 saturated heterocycles. The number of benzene rings is 1. The Balaban J connectivity index is 1.61. The van der Waals surface area contributed by atoms with Crippen LogP contribution in [0.2, 0.25) is 0 Å². The van der Waals surface area contributed by atoms with E-state index in [9.17, 15) is 9.59 Å². The lowest BCUT2D eigenvalue weighted by Gasteiger charge is -2.33. The van der Waals surface area contributed by atoms with Crippen LogP contribution in [-0.4, -0.2) is 78.2 Å². The van der Waals surface area contributed by atoms with Gasteiger partial charge in [0.1, 0.15) is 11.6 Å². The topological polar surface area (TPSA) is 102 Å². The zero-order valence-corrected chi connectivity index (χ0v) is 25.0. The Morgan fingerprint density at radius 3 is 2.36 bits per heavy atom. The van der Waals surface area contributed by atoms with Gasteiger partial charge >= 0.3 is 0 Å². The zero-order chi connectivity index (χ0) is 31.4. The molecule has 0 bridgehead atoms. The molecule has 0 aliphatic carbocycles. The second kappa shape index (κ2) is 13.2. The van der Waals surface area contributed by atoms with Gasteiger partial charge in [0, 0.05) is 61.7 Å². The van der Waals surface area contributed by atoms with Crippen LogP contribution >= 0.6 is 0 Å².